The number of nitrogens with two attached hydrogens (primary N) is 1. The molecule has 1 aromatic heterocycles. The van der Waals surface area contributed by atoms with Crippen molar-refractivity contribution >= 4 is 33.0 Å². The van der Waals surface area contributed by atoms with Crippen LogP contribution in [0.5, 0.6) is 0 Å². The Morgan fingerprint density at radius 3 is 2.68 bits per heavy atom. The minimum Gasteiger partial charge on any atom is -0.398 e. The van der Waals surface area contributed by atoms with Crippen molar-refractivity contribution in [2.75, 3.05) is 10.5 Å². The van der Waals surface area contributed by atoms with Gasteiger partial charge in [0.1, 0.15) is 4.90 Å². The molecule has 0 aliphatic rings. The summed E-state index contributed by atoms with van der Waals surface area (Å²) in [4.78, 5) is -0.0545. The van der Waals surface area contributed by atoms with Crippen LogP contribution in [0, 0.1) is 6.92 Å². The fraction of sp³-hybridized carbons (Fsp3) is 0.182. The van der Waals surface area contributed by atoms with Crippen LogP contribution in [0.25, 0.3) is 0 Å². The number of nitrogens with one attached hydrogen (secondary N) is 1. The lowest BCUT2D eigenvalue weighted by Gasteiger charge is -2.10. The van der Waals surface area contributed by atoms with Crippen molar-refractivity contribution in [2.24, 2.45) is 7.05 Å². The first kappa shape index (κ1) is 13.7. The van der Waals surface area contributed by atoms with E-state index in [-0.39, 0.29) is 9.92 Å². The van der Waals surface area contributed by atoms with Gasteiger partial charge in [-0.05, 0) is 24.6 Å². The molecule has 0 unspecified atom stereocenters. The molecule has 19 heavy (non-hydrogen) atoms. The van der Waals surface area contributed by atoms with E-state index in [4.69, 9.17) is 17.3 Å². The van der Waals surface area contributed by atoms with Crippen molar-refractivity contribution in [2.45, 2.75) is 11.8 Å². The zero-order valence-electron chi connectivity index (χ0n) is 10.4. The summed E-state index contributed by atoms with van der Waals surface area (Å²) < 4.78 is 28.3. The first-order valence-corrected chi connectivity index (χ1v) is 7.23. The predicted molar refractivity (Wildman–Crippen MR) is 74.6 cm³/mol. The van der Waals surface area contributed by atoms with Gasteiger partial charge in [0.2, 0.25) is 0 Å². The molecule has 0 saturated carbocycles. The predicted octanol–water partition coefficient (Wildman–Crippen LogP) is 1.76. The Balaban J connectivity index is 2.42. The van der Waals surface area contributed by atoms with E-state index in [2.05, 4.69) is 9.82 Å². The molecular formula is C11H13ClN4O2S. The molecule has 6 nitrogen and oxygen atoms in total. The van der Waals surface area contributed by atoms with Crippen molar-refractivity contribution in [3.63, 3.8) is 0 Å². The SMILES string of the molecule is Cc1cc(Cl)c(S(=O)(=O)Nc2cnn(C)c2)cc1N. The molecule has 1 aromatic carbocycles. The minimum atomic E-state index is -3.79. The zero-order chi connectivity index (χ0) is 14.2. The Morgan fingerprint density at radius 1 is 1.42 bits per heavy atom. The highest BCUT2D eigenvalue weighted by Crippen LogP contribution is 2.28. The molecule has 102 valence electrons. The van der Waals surface area contributed by atoms with Gasteiger partial charge >= 0.3 is 0 Å². The third-order valence-corrected chi connectivity index (χ3v) is 4.41. The van der Waals surface area contributed by atoms with E-state index in [0.717, 1.165) is 5.56 Å². The van der Waals surface area contributed by atoms with Crippen LogP contribution < -0.4 is 10.5 Å². The lowest BCUT2D eigenvalue weighted by Crippen LogP contribution is -2.13. The van der Waals surface area contributed by atoms with Crippen LogP contribution in [-0.4, -0.2) is 18.2 Å². The van der Waals surface area contributed by atoms with Gasteiger partial charge in [-0.1, -0.05) is 11.6 Å². The molecule has 0 spiro atoms. The zero-order valence-corrected chi connectivity index (χ0v) is 12.0. The normalized spacial score (nSPS) is 11.5. The summed E-state index contributed by atoms with van der Waals surface area (Å²) in [5, 5.41) is 4.01. The van der Waals surface area contributed by atoms with Crippen LogP contribution in [0.2, 0.25) is 5.02 Å². The molecular weight excluding hydrogens is 288 g/mol. The smallest absolute Gasteiger partial charge is 0.263 e. The van der Waals surface area contributed by atoms with Crippen LogP contribution >= 0.6 is 11.6 Å². The van der Waals surface area contributed by atoms with Gasteiger partial charge in [0.25, 0.3) is 10.0 Å². The monoisotopic (exact) mass is 300 g/mol. The van der Waals surface area contributed by atoms with E-state index >= 15 is 0 Å². The van der Waals surface area contributed by atoms with E-state index in [1.807, 2.05) is 0 Å². The van der Waals surface area contributed by atoms with Crippen LogP contribution in [0.3, 0.4) is 0 Å². The van der Waals surface area contributed by atoms with Crippen molar-refractivity contribution in [1.82, 2.24) is 9.78 Å². The molecule has 0 radical (unpaired) electrons. The first-order chi connectivity index (χ1) is 8.79. The summed E-state index contributed by atoms with van der Waals surface area (Å²) in [6.07, 6.45) is 2.95. The fourth-order valence-electron chi connectivity index (χ4n) is 1.56. The van der Waals surface area contributed by atoms with Crippen LogP contribution in [0.15, 0.2) is 29.4 Å². The van der Waals surface area contributed by atoms with Crippen molar-refractivity contribution in [3.8, 4) is 0 Å². The van der Waals surface area contributed by atoms with Gasteiger partial charge in [-0.15, -0.1) is 0 Å². The molecule has 0 aliphatic carbocycles. The standard InChI is InChI=1S/C11H13ClN4O2S/c1-7-3-9(12)11(4-10(7)13)19(17,18)15-8-5-14-16(2)6-8/h3-6,15H,13H2,1-2H3. The summed E-state index contributed by atoms with van der Waals surface area (Å²) in [5.74, 6) is 0. The van der Waals surface area contributed by atoms with Crippen molar-refractivity contribution < 1.29 is 8.42 Å². The summed E-state index contributed by atoms with van der Waals surface area (Å²) in [6.45, 7) is 1.76. The Kier molecular flexibility index (Phi) is 3.42. The van der Waals surface area contributed by atoms with Gasteiger partial charge in [0.05, 0.1) is 16.9 Å². The quantitative estimate of drug-likeness (QED) is 0.845. The Morgan fingerprint density at radius 2 is 2.11 bits per heavy atom. The molecule has 2 aromatic rings. The lowest BCUT2D eigenvalue weighted by molar-refractivity contribution is 0.601. The number of hydrogen-bond acceptors (Lipinski definition) is 4. The number of benzene rings is 1. The van der Waals surface area contributed by atoms with Crippen molar-refractivity contribution in [3.05, 3.63) is 35.1 Å². The minimum absolute atomic E-state index is 0.0545. The van der Waals surface area contributed by atoms with E-state index in [0.29, 0.717) is 11.4 Å². The van der Waals surface area contributed by atoms with Crippen LogP contribution in [-0.2, 0) is 17.1 Å². The van der Waals surface area contributed by atoms with Crippen molar-refractivity contribution in [1.29, 1.82) is 0 Å². The average molecular weight is 301 g/mol. The number of aromatic nitrogens is 2. The number of sulfonamides is 1. The highest BCUT2D eigenvalue weighted by molar-refractivity contribution is 7.92. The molecule has 3 N–H and O–H groups in total. The summed E-state index contributed by atoms with van der Waals surface area (Å²) >= 11 is 5.96. The molecule has 0 fully saturated rings. The van der Waals surface area contributed by atoms with Gasteiger partial charge < -0.3 is 5.73 Å². The van der Waals surface area contributed by atoms with E-state index in [1.54, 1.807) is 20.2 Å². The number of anilines is 2. The maximum atomic E-state index is 12.2. The van der Waals surface area contributed by atoms with Gasteiger partial charge in [-0.3, -0.25) is 9.40 Å². The van der Waals surface area contributed by atoms with Gasteiger partial charge in [0.15, 0.2) is 0 Å². The number of halogens is 1. The number of nitrogen functional groups attached to an aromatic ring is 1. The second-order valence-corrected chi connectivity index (χ2v) is 6.21. The van der Waals surface area contributed by atoms with E-state index < -0.39 is 10.0 Å². The van der Waals surface area contributed by atoms with Gasteiger partial charge in [-0.2, -0.15) is 5.10 Å². The Labute approximate surface area is 116 Å². The lowest BCUT2D eigenvalue weighted by atomic mass is 10.2. The number of hydrogen-bond donors (Lipinski definition) is 2. The Bertz CT molecular complexity index is 724. The van der Waals surface area contributed by atoms with E-state index in [9.17, 15) is 8.42 Å². The van der Waals surface area contributed by atoms with Gasteiger partial charge in [-0.25, -0.2) is 8.42 Å². The average Bonchev–Trinajstić information content (AvgIpc) is 2.68. The maximum absolute atomic E-state index is 12.2. The summed E-state index contributed by atoms with van der Waals surface area (Å²) in [7, 11) is -2.10. The van der Waals surface area contributed by atoms with Crippen LogP contribution in [0.1, 0.15) is 5.56 Å². The highest BCUT2D eigenvalue weighted by Gasteiger charge is 2.19. The fourth-order valence-corrected chi connectivity index (χ4v) is 3.20. The number of rotatable bonds is 3. The number of nitrogens with zero attached hydrogens (tertiary/aromatic N) is 2. The molecule has 1 heterocycles. The number of aryl methyl sites for hydroxylation is 2. The molecule has 8 heteroatoms. The molecule has 2 rings (SSSR count). The van der Waals surface area contributed by atoms with Gasteiger partial charge in [0, 0.05) is 18.9 Å². The third-order valence-electron chi connectivity index (χ3n) is 2.57. The second-order valence-electron chi connectivity index (χ2n) is 4.15. The molecule has 0 aliphatic heterocycles. The second kappa shape index (κ2) is 4.75. The molecule has 0 saturated heterocycles. The largest absolute Gasteiger partial charge is 0.398 e. The summed E-state index contributed by atoms with van der Waals surface area (Å²) in [5.41, 5.74) is 7.17. The molecule has 0 bridgehead atoms. The molecule has 0 amide bonds. The van der Waals surface area contributed by atoms with Crippen LogP contribution in [0.4, 0.5) is 11.4 Å². The topological polar surface area (TPSA) is 90.0 Å². The first-order valence-electron chi connectivity index (χ1n) is 5.36. The Hall–Kier alpha value is -1.73. The molecule has 0 atom stereocenters. The summed E-state index contributed by atoms with van der Waals surface area (Å²) in [6, 6.07) is 2.87. The third kappa shape index (κ3) is 2.82. The van der Waals surface area contributed by atoms with E-state index in [1.165, 1.54) is 23.0 Å². The maximum Gasteiger partial charge on any atom is 0.263 e. The highest BCUT2D eigenvalue weighted by atomic mass is 35.5.